The van der Waals surface area contributed by atoms with E-state index in [-0.39, 0.29) is 50.1 Å². The van der Waals surface area contributed by atoms with Gasteiger partial charge in [0.15, 0.2) is 0 Å². The molecule has 4 amide bonds. The van der Waals surface area contributed by atoms with Gasteiger partial charge in [-0.2, -0.15) is 4.99 Å². The van der Waals surface area contributed by atoms with E-state index in [9.17, 15) is 24.0 Å². The molecule has 0 fully saturated rings. The lowest BCUT2D eigenvalue weighted by molar-refractivity contribution is -0.125. The number of hydrogen-bond donors (Lipinski definition) is 3. The maximum Gasteiger partial charge on any atom is 0.435 e. The molecule has 4 N–H and O–H groups in total. The molecule has 262 valence electrons. The van der Waals surface area contributed by atoms with Gasteiger partial charge < -0.3 is 25.8 Å². The minimum atomic E-state index is -1.15. The molecule has 14 nitrogen and oxygen atoms in total. The van der Waals surface area contributed by atoms with Crippen LogP contribution in [0, 0.1) is 0 Å². The summed E-state index contributed by atoms with van der Waals surface area (Å²) in [5.74, 6) is -0.395. The standard InChI is InChI=1S/C37H37N7O7/c1-3-18-43(36(49)51-23-27-12-8-5-9-13-27)30-21-40-34-37(2,41-24-45)19-29(44(34)33(30)47)32(46)39-20-25-14-16-28(17-15-25)31(38)42-35(48)50-22-26-10-6-4-7-11-26/h3-17,21,24,29H,1,18-20,22-23H2,2H3,(H,39,46)(H,41,45)(H2,38,42,48)/t29-,37+/m1/s1. The van der Waals surface area contributed by atoms with Crippen molar-refractivity contribution >= 4 is 36.0 Å². The molecule has 0 saturated carbocycles. The van der Waals surface area contributed by atoms with E-state index < -0.39 is 35.2 Å². The molecule has 0 saturated heterocycles. The average molecular weight is 692 g/mol. The monoisotopic (exact) mass is 691 g/mol. The van der Waals surface area contributed by atoms with Crippen molar-refractivity contribution in [2.45, 2.75) is 44.7 Å². The Morgan fingerprint density at radius 3 is 2.24 bits per heavy atom. The average Bonchev–Trinajstić information content (AvgIpc) is 3.45. The molecule has 0 radical (unpaired) electrons. The van der Waals surface area contributed by atoms with E-state index in [1.807, 2.05) is 48.5 Å². The molecule has 0 aliphatic carbocycles. The Kier molecular flexibility index (Phi) is 11.4. The Bertz CT molecular complexity index is 1980. The Hall–Kier alpha value is -6.57. The molecule has 0 unspecified atom stereocenters. The number of rotatable bonds is 13. The summed E-state index contributed by atoms with van der Waals surface area (Å²) in [5, 5.41) is 5.52. The van der Waals surface area contributed by atoms with Gasteiger partial charge in [0.2, 0.25) is 12.3 Å². The summed E-state index contributed by atoms with van der Waals surface area (Å²) in [4.78, 5) is 73.9. The van der Waals surface area contributed by atoms with E-state index >= 15 is 0 Å². The number of nitrogens with two attached hydrogens (primary N) is 1. The lowest BCUT2D eigenvalue weighted by atomic mass is 9.96. The van der Waals surface area contributed by atoms with Gasteiger partial charge in [-0.05, 0) is 23.6 Å². The zero-order valence-electron chi connectivity index (χ0n) is 27.9. The minimum Gasteiger partial charge on any atom is -0.444 e. The smallest absolute Gasteiger partial charge is 0.435 e. The van der Waals surface area contributed by atoms with Gasteiger partial charge in [-0.15, -0.1) is 6.58 Å². The molecule has 3 aromatic carbocycles. The summed E-state index contributed by atoms with van der Waals surface area (Å²) in [7, 11) is 0. The molecule has 1 aromatic heterocycles. The molecule has 0 bridgehead atoms. The molecule has 2 heterocycles. The third-order valence-corrected chi connectivity index (χ3v) is 8.22. The third-order valence-electron chi connectivity index (χ3n) is 8.22. The minimum absolute atomic E-state index is 0.0233. The highest BCUT2D eigenvalue weighted by Crippen LogP contribution is 2.37. The lowest BCUT2D eigenvalue weighted by Gasteiger charge is -2.23. The number of anilines is 1. The van der Waals surface area contributed by atoms with Crippen LogP contribution in [-0.2, 0) is 44.4 Å². The zero-order valence-corrected chi connectivity index (χ0v) is 27.9. The summed E-state index contributed by atoms with van der Waals surface area (Å²) >= 11 is 0. The second kappa shape index (κ2) is 16.2. The first-order valence-electron chi connectivity index (χ1n) is 16.0. The first-order valence-corrected chi connectivity index (χ1v) is 16.0. The van der Waals surface area contributed by atoms with Crippen LogP contribution in [0.2, 0.25) is 0 Å². The Labute approximate surface area is 293 Å². The van der Waals surface area contributed by atoms with Crippen LogP contribution in [0.4, 0.5) is 15.3 Å². The number of benzene rings is 3. The fraction of sp³-hybridized carbons (Fsp3) is 0.216. The van der Waals surface area contributed by atoms with Gasteiger partial charge in [0, 0.05) is 25.1 Å². The lowest BCUT2D eigenvalue weighted by Crippen LogP contribution is -2.41. The van der Waals surface area contributed by atoms with Gasteiger partial charge in [-0.3, -0.25) is 23.9 Å². The highest BCUT2D eigenvalue weighted by molar-refractivity contribution is 6.02. The predicted octanol–water partition coefficient (Wildman–Crippen LogP) is 3.84. The summed E-state index contributed by atoms with van der Waals surface area (Å²) in [6, 6.07) is 23.8. The van der Waals surface area contributed by atoms with Crippen LogP contribution in [0.1, 0.15) is 47.5 Å². The van der Waals surface area contributed by atoms with Crippen molar-refractivity contribution < 1.29 is 28.7 Å². The number of amidine groups is 1. The second-order valence-electron chi connectivity index (χ2n) is 11.8. The molecule has 4 aromatic rings. The van der Waals surface area contributed by atoms with E-state index in [1.165, 1.54) is 16.8 Å². The molecule has 2 atom stereocenters. The van der Waals surface area contributed by atoms with Crippen molar-refractivity contribution in [2.24, 2.45) is 10.7 Å². The van der Waals surface area contributed by atoms with Crippen molar-refractivity contribution in [3.05, 3.63) is 142 Å². The maximum absolute atomic E-state index is 14.0. The number of nitrogens with zero attached hydrogens (tertiary/aromatic N) is 4. The quantitative estimate of drug-likeness (QED) is 0.0810. The molecule has 1 aliphatic heterocycles. The first-order chi connectivity index (χ1) is 24.6. The number of ether oxygens (including phenoxy) is 2. The summed E-state index contributed by atoms with van der Waals surface area (Å²) in [6.45, 7) is 5.39. The fourth-order valence-electron chi connectivity index (χ4n) is 5.59. The third kappa shape index (κ3) is 8.54. The number of aromatic nitrogens is 2. The number of amides is 4. The van der Waals surface area contributed by atoms with Gasteiger partial charge in [0.25, 0.3) is 5.56 Å². The van der Waals surface area contributed by atoms with Crippen molar-refractivity contribution in [3.63, 3.8) is 0 Å². The summed E-state index contributed by atoms with van der Waals surface area (Å²) in [5.41, 5.74) is 6.80. The maximum atomic E-state index is 14.0. The number of carbonyl (C=O) groups excluding carboxylic acids is 4. The number of nitrogens with one attached hydrogen (secondary N) is 2. The number of carbonyl (C=O) groups is 4. The zero-order chi connectivity index (χ0) is 36.4. The van der Waals surface area contributed by atoms with Gasteiger partial charge in [-0.25, -0.2) is 14.6 Å². The molecule has 0 spiro atoms. The van der Waals surface area contributed by atoms with Crippen LogP contribution in [0.3, 0.4) is 0 Å². The Morgan fingerprint density at radius 2 is 1.63 bits per heavy atom. The van der Waals surface area contributed by atoms with Crippen LogP contribution >= 0.6 is 0 Å². The number of aliphatic imine (C=N–C) groups is 1. The van der Waals surface area contributed by atoms with Crippen LogP contribution in [0.5, 0.6) is 0 Å². The Balaban J connectivity index is 1.29. The molecule has 5 rings (SSSR count). The number of fused-ring (bicyclic) bond motifs is 1. The van der Waals surface area contributed by atoms with Crippen LogP contribution in [0.25, 0.3) is 0 Å². The molecular weight excluding hydrogens is 654 g/mol. The van der Waals surface area contributed by atoms with Crippen LogP contribution in [0.15, 0.2) is 114 Å². The molecule has 14 heteroatoms. The first kappa shape index (κ1) is 35.7. The van der Waals surface area contributed by atoms with E-state index in [4.69, 9.17) is 15.2 Å². The van der Waals surface area contributed by atoms with Crippen molar-refractivity contribution in [1.29, 1.82) is 0 Å². The van der Waals surface area contributed by atoms with Crippen LogP contribution in [-0.4, -0.2) is 46.4 Å². The molecular formula is C37H37N7O7. The van der Waals surface area contributed by atoms with Crippen LogP contribution < -0.4 is 26.8 Å². The fourth-order valence-corrected chi connectivity index (χ4v) is 5.59. The van der Waals surface area contributed by atoms with E-state index in [2.05, 4.69) is 27.2 Å². The van der Waals surface area contributed by atoms with E-state index in [0.717, 1.165) is 16.0 Å². The van der Waals surface area contributed by atoms with Crippen molar-refractivity contribution in [2.75, 3.05) is 11.4 Å². The normalized spacial score (nSPS) is 16.3. The van der Waals surface area contributed by atoms with E-state index in [1.54, 1.807) is 43.3 Å². The topological polar surface area (TPSA) is 187 Å². The van der Waals surface area contributed by atoms with Gasteiger partial charge in [-0.1, -0.05) is 91.0 Å². The van der Waals surface area contributed by atoms with E-state index in [0.29, 0.717) is 17.5 Å². The molecule has 1 aliphatic rings. The highest BCUT2D eigenvalue weighted by Gasteiger charge is 2.46. The van der Waals surface area contributed by atoms with Gasteiger partial charge in [0.05, 0.1) is 11.7 Å². The number of hydrogen-bond acceptors (Lipinski definition) is 8. The summed E-state index contributed by atoms with van der Waals surface area (Å²) < 4.78 is 11.8. The summed E-state index contributed by atoms with van der Waals surface area (Å²) in [6.07, 6.45) is 1.54. The van der Waals surface area contributed by atoms with Gasteiger partial charge >= 0.3 is 12.2 Å². The largest absolute Gasteiger partial charge is 0.444 e. The highest BCUT2D eigenvalue weighted by atomic mass is 16.6. The molecule has 51 heavy (non-hydrogen) atoms. The van der Waals surface area contributed by atoms with Crippen molar-refractivity contribution in [3.8, 4) is 0 Å². The van der Waals surface area contributed by atoms with Gasteiger partial charge in [0.1, 0.15) is 36.6 Å². The predicted molar refractivity (Wildman–Crippen MR) is 189 cm³/mol. The SMILES string of the molecule is C=CCN(C(=O)OCc1ccccc1)c1cnc2n(c1=O)[C@@H](C(=O)NCc1ccc(C(N)=NC(=O)OCc3ccccc3)cc1)C[C@]2(C)NC=O. The van der Waals surface area contributed by atoms with Crippen molar-refractivity contribution in [1.82, 2.24) is 20.2 Å². The second-order valence-corrected chi connectivity index (χ2v) is 11.8. The Morgan fingerprint density at radius 1 is 1.00 bits per heavy atom.